The number of ketones is 1. The molecule has 0 spiro atoms. The van der Waals surface area contributed by atoms with Crippen molar-refractivity contribution < 1.29 is 9.53 Å². The van der Waals surface area contributed by atoms with Gasteiger partial charge in [0, 0.05) is 17.1 Å². The van der Waals surface area contributed by atoms with Gasteiger partial charge in [-0.15, -0.1) is 11.3 Å². The van der Waals surface area contributed by atoms with Gasteiger partial charge in [-0.1, -0.05) is 30.0 Å². The second-order valence-electron chi connectivity index (χ2n) is 4.38. The number of nitrogens with one attached hydrogen (secondary N) is 1. The van der Waals surface area contributed by atoms with Gasteiger partial charge in [0.25, 0.3) is 0 Å². The molecule has 0 bridgehead atoms. The Labute approximate surface area is 130 Å². The highest BCUT2D eigenvalue weighted by atomic mass is 32.2. The highest BCUT2D eigenvalue weighted by molar-refractivity contribution is 8.19. The van der Waals surface area contributed by atoms with Crippen LogP contribution in [0.1, 0.15) is 16.5 Å². The van der Waals surface area contributed by atoms with Crippen molar-refractivity contribution in [3.8, 4) is 5.75 Å². The summed E-state index contributed by atoms with van der Waals surface area (Å²) in [5, 5.41) is 10.9. The number of thioether (sulfide) groups is 1. The Bertz CT molecular complexity index is 723. The van der Waals surface area contributed by atoms with Crippen molar-refractivity contribution in [2.75, 3.05) is 7.11 Å². The van der Waals surface area contributed by atoms with Gasteiger partial charge in [0.2, 0.25) is 0 Å². The number of aromatic nitrogens is 1. The summed E-state index contributed by atoms with van der Waals surface area (Å²) in [4.78, 5) is 17.2. The van der Waals surface area contributed by atoms with E-state index in [1.54, 1.807) is 19.4 Å². The second kappa shape index (κ2) is 5.83. The first-order chi connectivity index (χ1) is 10.2. The van der Waals surface area contributed by atoms with Crippen molar-refractivity contribution in [1.29, 1.82) is 5.41 Å². The topological polar surface area (TPSA) is 63.0 Å². The molecular weight excluding hydrogens is 304 g/mol. The van der Waals surface area contributed by atoms with Crippen LogP contribution in [0.4, 0.5) is 0 Å². The zero-order valence-corrected chi connectivity index (χ0v) is 12.8. The fourth-order valence-electron chi connectivity index (χ4n) is 2.12. The van der Waals surface area contributed by atoms with Crippen molar-refractivity contribution >= 4 is 40.0 Å². The van der Waals surface area contributed by atoms with E-state index in [1.165, 1.54) is 23.1 Å². The Hall–Kier alpha value is -1.92. The van der Waals surface area contributed by atoms with Gasteiger partial charge in [-0.3, -0.25) is 10.2 Å². The highest BCUT2D eigenvalue weighted by Crippen LogP contribution is 2.41. The molecule has 1 N–H and O–H groups in total. The number of ether oxygens (including phenoxy) is 1. The summed E-state index contributed by atoms with van der Waals surface area (Å²) in [7, 11) is 1.60. The van der Waals surface area contributed by atoms with E-state index in [0.717, 1.165) is 5.56 Å². The lowest BCUT2D eigenvalue weighted by Crippen LogP contribution is -2.11. The zero-order chi connectivity index (χ0) is 14.8. The molecule has 1 aliphatic heterocycles. The summed E-state index contributed by atoms with van der Waals surface area (Å²) in [5.41, 5.74) is 0.837. The quantitative estimate of drug-likeness (QED) is 0.879. The number of thiazole rings is 1. The molecule has 4 nitrogen and oxygen atoms in total. The minimum absolute atomic E-state index is 0.0640. The molecule has 1 atom stereocenters. The molecule has 1 saturated heterocycles. The summed E-state index contributed by atoms with van der Waals surface area (Å²) in [6.07, 6.45) is 3.45. The smallest absolute Gasteiger partial charge is 0.186 e. The molecule has 0 aliphatic carbocycles. The van der Waals surface area contributed by atoms with Gasteiger partial charge in [-0.25, -0.2) is 4.98 Å². The van der Waals surface area contributed by atoms with E-state index in [1.807, 2.05) is 29.6 Å². The molecule has 1 aliphatic rings. The summed E-state index contributed by atoms with van der Waals surface area (Å²) < 4.78 is 5.29. The molecule has 0 saturated carbocycles. The number of allylic oxidation sites excluding steroid dienone is 1. The first-order valence-electron chi connectivity index (χ1n) is 6.25. The molecule has 1 aromatic carbocycles. The number of methoxy groups -OCH3 is 1. The number of carbonyl (C=O) groups excluding carboxylic acids is 1. The van der Waals surface area contributed by atoms with E-state index in [0.29, 0.717) is 20.7 Å². The van der Waals surface area contributed by atoms with E-state index in [2.05, 4.69) is 4.98 Å². The third-order valence-corrected chi connectivity index (χ3v) is 4.95. The molecular formula is C15H12N2O2S2. The predicted octanol–water partition coefficient (Wildman–Crippen LogP) is 3.57. The summed E-state index contributed by atoms with van der Waals surface area (Å²) >= 11 is 2.61. The normalized spacial score (nSPS) is 20.2. The lowest BCUT2D eigenvalue weighted by Gasteiger charge is -2.04. The summed E-state index contributed by atoms with van der Waals surface area (Å²) in [6.45, 7) is 0. The number of benzene rings is 1. The average Bonchev–Trinajstić information content (AvgIpc) is 3.09. The monoisotopic (exact) mass is 316 g/mol. The van der Waals surface area contributed by atoms with Crippen LogP contribution in [-0.4, -0.2) is 22.9 Å². The number of carbonyl (C=O) groups is 1. The van der Waals surface area contributed by atoms with E-state index >= 15 is 0 Å². The molecule has 106 valence electrons. The maximum Gasteiger partial charge on any atom is 0.186 e. The lowest BCUT2D eigenvalue weighted by atomic mass is 10.0. The molecule has 0 radical (unpaired) electrons. The van der Waals surface area contributed by atoms with E-state index in [-0.39, 0.29) is 5.78 Å². The van der Waals surface area contributed by atoms with E-state index in [4.69, 9.17) is 10.1 Å². The van der Waals surface area contributed by atoms with E-state index in [9.17, 15) is 4.79 Å². The van der Waals surface area contributed by atoms with Gasteiger partial charge in [0.05, 0.1) is 17.1 Å². The number of hydrogen-bond donors (Lipinski definition) is 1. The number of rotatable bonds is 3. The van der Waals surface area contributed by atoms with Crippen molar-refractivity contribution in [3.63, 3.8) is 0 Å². The first-order valence-corrected chi connectivity index (χ1v) is 7.95. The largest absolute Gasteiger partial charge is 0.496 e. The third kappa shape index (κ3) is 2.64. The Morgan fingerprint density at radius 3 is 2.90 bits per heavy atom. The van der Waals surface area contributed by atoms with Gasteiger partial charge in [-0.2, -0.15) is 0 Å². The maximum absolute atomic E-state index is 12.5. The zero-order valence-electron chi connectivity index (χ0n) is 11.2. The maximum atomic E-state index is 12.5. The van der Waals surface area contributed by atoms with Gasteiger partial charge >= 0.3 is 0 Å². The molecule has 2 aromatic rings. The number of hydrogen-bond acceptors (Lipinski definition) is 6. The second-order valence-corrected chi connectivity index (χ2v) is 6.39. The van der Waals surface area contributed by atoms with Crippen molar-refractivity contribution in [2.24, 2.45) is 0 Å². The van der Waals surface area contributed by atoms with Crippen molar-refractivity contribution in [3.05, 3.63) is 51.3 Å². The molecule has 6 heteroatoms. The van der Waals surface area contributed by atoms with Crippen molar-refractivity contribution in [1.82, 2.24) is 4.98 Å². The van der Waals surface area contributed by atoms with Gasteiger partial charge in [-0.05, 0) is 12.1 Å². The number of nitrogens with zero attached hydrogens (tertiary/aromatic N) is 1. The minimum atomic E-state index is -0.545. The van der Waals surface area contributed by atoms with Crippen LogP contribution in [0, 0.1) is 5.41 Å². The fourth-order valence-corrected chi connectivity index (χ4v) is 3.91. The summed E-state index contributed by atoms with van der Waals surface area (Å²) in [5.74, 6) is 0.101. The standard InChI is InChI=1S/C15H12N2O2S2/c1-19-10-5-3-2-4-9(10)8-11-13(18)12(14(16)21-11)15-17-6-7-20-15/h2-8,12,16H,1H3. The molecule has 1 aromatic heterocycles. The van der Waals surface area contributed by atoms with Gasteiger partial charge in [0.15, 0.2) is 5.78 Å². The minimum Gasteiger partial charge on any atom is -0.496 e. The van der Waals surface area contributed by atoms with Crippen LogP contribution in [0.5, 0.6) is 5.75 Å². The highest BCUT2D eigenvalue weighted by Gasteiger charge is 2.38. The van der Waals surface area contributed by atoms with E-state index < -0.39 is 5.92 Å². The van der Waals surface area contributed by atoms with Crippen LogP contribution in [0.15, 0.2) is 40.7 Å². The summed E-state index contributed by atoms with van der Waals surface area (Å²) in [6, 6.07) is 7.51. The average molecular weight is 316 g/mol. The molecule has 2 heterocycles. The molecule has 1 fully saturated rings. The number of Topliss-reactive ketones (excluding diaryl/α,β-unsaturated/α-hetero) is 1. The van der Waals surface area contributed by atoms with Crippen LogP contribution < -0.4 is 4.74 Å². The number of para-hydroxylation sites is 1. The molecule has 3 rings (SSSR count). The van der Waals surface area contributed by atoms with Crippen LogP contribution in [-0.2, 0) is 4.79 Å². The van der Waals surface area contributed by atoms with Crippen molar-refractivity contribution in [2.45, 2.75) is 5.92 Å². The Morgan fingerprint density at radius 2 is 2.19 bits per heavy atom. The predicted molar refractivity (Wildman–Crippen MR) is 86.2 cm³/mol. The first kappa shape index (κ1) is 14.0. The van der Waals surface area contributed by atoms with Gasteiger partial charge in [0.1, 0.15) is 16.7 Å². The van der Waals surface area contributed by atoms with Crippen LogP contribution in [0.2, 0.25) is 0 Å². The van der Waals surface area contributed by atoms with Crippen LogP contribution in [0.3, 0.4) is 0 Å². The molecule has 21 heavy (non-hydrogen) atoms. The fraction of sp³-hybridized carbons (Fsp3) is 0.133. The Morgan fingerprint density at radius 1 is 1.38 bits per heavy atom. The van der Waals surface area contributed by atoms with Crippen LogP contribution in [0.25, 0.3) is 6.08 Å². The van der Waals surface area contributed by atoms with Crippen LogP contribution >= 0.6 is 23.1 Å². The SMILES string of the molecule is COc1ccccc1C=C1SC(=N)C(c2nccs2)C1=O. The lowest BCUT2D eigenvalue weighted by molar-refractivity contribution is -0.114. The third-order valence-electron chi connectivity index (χ3n) is 3.11. The molecule has 1 unspecified atom stereocenters. The van der Waals surface area contributed by atoms with Gasteiger partial charge < -0.3 is 4.74 Å². The Balaban J connectivity index is 1.96. The molecule has 0 amide bonds. The Kier molecular flexibility index (Phi) is 3.90.